The van der Waals surface area contributed by atoms with E-state index in [0.29, 0.717) is 13.0 Å². The van der Waals surface area contributed by atoms with E-state index in [4.69, 9.17) is 11.6 Å². The largest absolute Gasteiger partial charge is 0.347 e. The van der Waals surface area contributed by atoms with Crippen molar-refractivity contribution in [3.63, 3.8) is 0 Å². The van der Waals surface area contributed by atoms with Crippen LogP contribution in [0.15, 0.2) is 41.6 Å². The van der Waals surface area contributed by atoms with Crippen molar-refractivity contribution in [3.8, 4) is 0 Å². The highest BCUT2D eigenvalue weighted by Gasteiger charge is 2.10. The van der Waals surface area contributed by atoms with E-state index in [-0.39, 0.29) is 5.91 Å². The number of hydrogen-bond acceptors (Lipinski definition) is 3. The summed E-state index contributed by atoms with van der Waals surface area (Å²) in [6.45, 7) is 0.511. The second kappa shape index (κ2) is 7.36. The fourth-order valence-corrected chi connectivity index (χ4v) is 2.64. The standard InChI is InChI=1S/C14H16ClN3OS/c1-18(10-13-16-7-8-17-13)14(19)6-9-20-12-4-2-11(15)3-5-12/h2-5,7-8H,6,9-10H2,1H3,(H,16,17). The Morgan fingerprint density at radius 1 is 1.40 bits per heavy atom. The van der Waals surface area contributed by atoms with Crippen LogP contribution in [-0.2, 0) is 11.3 Å². The number of hydrogen-bond donors (Lipinski definition) is 1. The first-order chi connectivity index (χ1) is 9.65. The number of aromatic nitrogens is 2. The molecule has 4 nitrogen and oxygen atoms in total. The second-order valence-corrected chi connectivity index (χ2v) is 5.94. The Labute approximate surface area is 127 Å². The van der Waals surface area contributed by atoms with Gasteiger partial charge in [0.1, 0.15) is 5.82 Å². The van der Waals surface area contributed by atoms with E-state index in [1.807, 2.05) is 24.3 Å². The van der Waals surface area contributed by atoms with Crippen molar-refractivity contribution in [3.05, 3.63) is 47.5 Å². The molecule has 1 aromatic heterocycles. The normalized spacial score (nSPS) is 10.5. The molecule has 2 rings (SSSR count). The smallest absolute Gasteiger partial charge is 0.223 e. The summed E-state index contributed by atoms with van der Waals surface area (Å²) in [5.41, 5.74) is 0. The summed E-state index contributed by atoms with van der Waals surface area (Å²) < 4.78 is 0. The van der Waals surface area contributed by atoms with Gasteiger partial charge in [-0.2, -0.15) is 0 Å². The molecule has 0 unspecified atom stereocenters. The molecule has 1 N–H and O–H groups in total. The molecule has 0 spiro atoms. The van der Waals surface area contributed by atoms with Crippen LogP contribution in [0, 0.1) is 0 Å². The first-order valence-electron chi connectivity index (χ1n) is 6.26. The summed E-state index contributed by atoms with van der Waals surface area (Å²) in [4.78, 5) is 21.9. The van der Waals surface area contributed by atoms with Crippen molar-refractivity contribution in [2.75, 3.05) is 12.8 Å². The van der Waals surface area contributed by atoms with Gasteiger partial charge in [-0.25, -0.2) is 4.98 Å². The number of amides is 1. The van der Waals surface area contributed by atoms with Crippen LogP contribution < -0.4 is 0 Å². The van der Waals surface area contributed by atoms with Gasteiger partial charge in [0.2, 0.25) is 5.91 Å². The average Bonchev–Trinajstić information content (AvgIpc) is 2.93. The number of halogens is 1. The highest BCUT2D eigenvalue weighted by molar-refractivity contribution is 7.99. The number of nitrogens with zero attached hydrogens (tertiary/aromatic N) is 2. The van der Waals surface area contributed by atoms with Crippen LogP contribution in [0.4, 0.5) is 0 Å². The molecule has 1 aromatic carbocycles. The minimum absolute atomic E-state index is 0.114. The second-order valence-electron chi connectivity index (χ2n) is 4.34. The van der Waals surface area contributed by atoms with Gasteiger partial charge >= 0.3 is 0 Å². The molecule has 2 aromatic rings. The zero-order valence-electron chi connectivity index (χ0n) is 11.2. The molecule has 20 heavy (non-hydrogen) atoms. The summed E-state index contributed by atoms with van der Waals surface area (Å²) in [5, 5.41) is 0.726. The number of benzene rings is 1. The van der Waals surface area contributed by atoms with E-state index in [0.717, 1.165) is 21.5 Å². The minimum Gasteiger partial charge on any atom is -0.347 e. The molecule has 0 saturated carbocycles. The van der Waals surface area contributed by atoms with Crippen LogP contribution >= 0.6 is 23.4 Å². The number of nitrogens with one attached hydrogen (secondary N) is 1. The Kier molecular flexibility index (Phi) is 5.49. The number of carbonyl (C=O) groups is 1. The van der Waals surface area contributed by atoms with Gasteiger partial charge in [0.25, 0.3) is 0 Å². The fraction of sp³-hybridized carbons (Fsp3) is 0.286. The third-order valence-electron chi connectivity index (χ3n) is 2.77. The molecule has 0 atom stereocenters. The number of rotatable bonds is 6. The summed E-state index contributed by atoms with van der Waals surface area (Å²) in [7, 11) is 1.79. The van der Waals surface area contributed by atoms with Crippen molar-refractivity contribution in [1.82, 2.24) is 14.9 Å². The van der Waals surface area contributed by atoms with Crippen LogP contribution in [-0.4, -0.2) is 33.6 Å². The number of imidazole rings is 1. The molecule has 0 aliphatic rings. The monoisotopic (exact) mass is 309 g/mol. The van der Waals surface area contributed by atoms with Gasteiger partial charge in [0.15, 0.2) is 0 Å². The van der Waals surface area contributed by atoms with Crippen LogP contribution in [0.3, 0.4) is 0 Å². The van der Waals surface area contributed by atoms with Gasteiger partial charge in [-0.1, -0.05) is 11.6 Å². The number of thioether (sulfide) groups is 1. The zero-order valence-corrected chi connectivity index (χ0v) is 12.7. The molecule has 0 bridgehead atoms. The molecule has 0 saturated heterocycles. The maximum absolute atomic E-state index is 12.0. The molecule has 6 heteroatoms. The van der Waals surface area contributed by atoms with E-state index in [2.05, 4.69) is 9.97 Å². The fourth-order valence-electron chi connectivity index (χ4n) is 1.68. The molecule has 0 aliphatic carbocycles. The van der Waals surface area contributed by atoms with E-state index in [9.17, 15) is 4.79 Å². The van der Waals surface area contributed by atoms with Crippen LogP contribution in [0.1, 0.15) is 12.2 Å². The SMILES string of the molecule is CN(Cc1ncc[nH]1)C(=O)CCSc1ccc(Cl)cc1. The van der Waals surface area contributed by atoms with Gasteiger partial charge in [-0.15, -0.1) is 11.8 Å². The molecular formula is C14H16ClN3OS. The third-order valence-corrected chi connectivity index (χ3v) is 4.03. The minimum atomic E-state index is 0.114. The van der Waals surface area contributed by atoms with Crippen molar-refractivity contribution < 1.29 is 4.79 Å². The Balaban J connectivity index is 1.73. The van der Waals surface area contributed by atoms with E-state index in [1.54, 1.807) is 36.1 Å². The quantitative estimate of drug-likeness (QED) is 0.834. The van der Waals surface area contributed by atoms with Crippen LogP contribution in [0.2, 0.25) is 5.02 Å². The first kappa shape index (κ1) is 14.9. The Morgan fingerprint density at radius 3 is 2.80 bits per heavy atom. The summed E-state index contributed by atoms with van der Waals surface area (Å²) in [5.74, 6) is 1.66. The molecule has 1 amide bonds. The predicted octanol–water partition coefficient (Wildman–Crippen LogP) is 3.20. The first-order valence-corrected chi connectivity index (χ1v) is 7.62. The van der Waals surface area contributed by atoms with Gasteiger partial charge < -0.3 is 9.88 Å². The summed E-state index contributed by atoms with van der Waals surface area (Å²) in [6.07, 6.45) is 3.94. The van der Waals surface area contributed by atoms with E-state index < -0.39 is 0 Å². The predicted molar refractivity (Wildman–Crippen MR) is 81.9 cm³/mol. The van der Waals surface area contributed by atoms with Gasteiger partial charge in [0, 0.05) is 41.5 Å². The lowest BCUT2D eigenvalue weighted by Crippen LogP contribution is -2.26. The number of aromatic amines is 1. The van der Waals surface area contributed by atoms with Crippen molar-refractivity contribution in [2.45, 2.75) is 17.9 Å². The molecule has 106 valence electrons. The van der Waals surface area contributed by atoms with Gasteiger partial charge in [-0.05, 0) is 24.3 Å². The van der Waals surface area contributed by atoms with Crippen LogP contribution in [0.5, 0.6) is 0 Å². The third kappa shape index (κ3) is 4.58. The molecular weight excluding hydrogens is 294 g/mol. The number of H-pyrrole nitrogens is 1. The van der Waals surface area contributed by atoms with Crippen LogP contribution in [0.25, 0.3) is 0 Å². The van der Waals surface area contributed by atoms with E-state index >= 15 is 0 Å². The molecule has 1 heterocycles. The van der Waals surface area contributed by atoms with Gasteiger partial charge in [0.05, 0.1) is 6.54 Å². The highest BCUT2D eigenvalue weighted by atomic mass is 35.5. The Hall–Kier alpha value is -1.46. The average molecular weight is 310 g/mol. The van der Waals surface area contributed by atoms with Crippen molar-refractivity contribution in [2.24, 2.45) is 0 Å². The zero-order chi connectivity index (χ0) is 14.4. The maximum Gasteiger partial charge on any atom is 0.223 e. The lowest BCUT2D eigenvalue weighted by Gasteiger charge is -2.15. The lowest BCUT2D eigenvalue weighted by molar-refractivity contribution is -0.130. The highest BCUT2D eigenvalue weighted by Crippen LogP contribution is 2.21. The summed E-state index contributed by atoms with van der Waals surface area (Å²) >= 11 is 7.48. The topological polar surface area (TPSA) is 49.0 Å². The van der Waals surface area contributed by atoms with Crippen molar-refractivity contribution in [1.29, 1.82) is 0 Å². The van der Waals surface area contributed by atoms with Gasteiger partial charge in [-0.3, -0.25) is 4.79 Å². The van der Waals surface area contributed by atoms with Crippen molar-refractivity contribution >= 4 is 29.3 Å². The van der Waals surface area contributed by atoms with E-state index in [1.165, 1.54) is 0 Å². The lowest BCUT2D eigenvalue weighted by atomic mass is 10.4. The Bertz CT molecular complexity index is 542. The summed E-state index contributed by atoms with van der Waals surface area (Å²) in [6, 6.07) is 7.64. The molecule has 0 fully saturated rings. The Morgan fingerprint density at radius 2 is 2.15 bits per heavy atom. The molecule has 0 aliphatic heterocycles. The maximum atomic E-state index is 12.0. The molecule has 0 radical (unpaired) electrons. The number of carbonyl (C=O) groups excluding carboxylic acids is 1.